The van der Waals surface area contributed by atoms with E-state index in [1.165, 1.54) is 0 Å². The molecule has 2 atom stereocenters. The Balaban J connectivity index is 0.00000114. The highest BCUT2D eigenvalue weighted by molar-refractivity contribution is 5.94. The van der Waals surface area contributed by atoms with Crippen molar-refractivity contribution in [1.29, 1.82) is 0 Å². The number of ether oxygens (including phenoxy) is 1. The van der Waals surface area contributed by atoms with Crippen LogP contribution in [-0.2, 0) is 20.9 Å². The van der Waals surface area contributed by atoms with Gasteiger partial charge in [-0.3, -0.25) is 14.3 Å². The lowest BCUT2D eigenvalue weighted by Crippen LogP contribution is -2.45. The van der Waals surface area contributed by atoms with Gasteiger partial charge in [-0.25, -0.2) is 4.79 Å². The van der Waals surface area contributed by atoms with Crippen molar-refractivity contribution in [2.45, 2.75) is 58.8 Å². The number of alkyl carbamates (subject to hydrolysis) is 1. The molecule has 10 heteroatoms. The van der Waals surface area contributed by atoms with Crippen LogP contribution in [0.1, 0.15) is 45.7 Å². The minimum atomic E-state index is -0.458. The van der Waals surface area contributed by atoms with Crippen LogP contribution in [0.3, 0.4) is 0 Å². The Kier molecular flexibility index (Phi) is 8.77. The van der Waals surface area contributed by atoms with Crippen molar-refractivity contribution in [3.63, 3.8) is 0 Å². The third-order valence-electron chi connectivity index (χ3n) is 4.98. The Labute approximate surface area is 187 Å². The molecule has 1 aliphatic heterocycles. The lowest BCUT2D eigenvalue weighted by molar-refractivity contribution is -0.123. The molecule has 0 unspecified atom stereocenters. The third kappa shape index (κ3) is 6.07. The number of amides is 2. The number of hydrogen-bond acceptors (Lipinski definition) is 6. The molecule has 0 radical (unpaired) electrons. The maximum atomic E-state index is 12.3. The summed E-state index contributed by atoms with van der Waals surface area (Å²) in [5.41, 5.74) is 9.23. The smallest absolute Gasteiger partial charge is 0.407 e. The molecule has 0 saturated heterocycles. The number of carbonyl (C=O) groups excluding carboxylic acids is 2. The molecule has 2 amide bonds. The molecule has 1 aliphatic rings. The Morgan fingerprint density at radius 2 is 2.06 bits per heavy atom. The number of nitrogens with two attached hydrogens (primary N) is 1. The SMILES string of the molecule is CC(=O)N1c2ccc(-c3cnn(CCN)c3)cc2[C@H](NC(=O)OC(C)C)C[C@@H]1C.O=CO. The van der Waals surface area contributed by atoms with Gasteiger partial charge >= 0.3 is 6.09 Å². The van der Waals surface area contributed by atoms with Gasteiger partial charge in [-0.1, -0.05) is 6.07 Å². The lowest BCUT2D eigenvalue weighted by atomic mass is 9.89. The molecule has 0 aliphatic carbocycles. The zero-order chi connectivity index (χ0) is 23.8. The van der Waals surface area contributed by atoms with E-state index in [-0.39, 0.29) is 30.6 Å². The number of fused-ring (bicyclic) bond motifs is 1. The maximum Gasteiger partial charge on any atom is 0.407 e. The van der Waals surface area contributed by atoms with E-state index in [0.717, 1.165) is 22.4 Å². The van der Waals surface area contributed by atoms with Crippen LogP contribution in [-0.4, -0.2) is 52.1 Å². The Morgan fingerprint density at radius 3 is 2.66 bits per heavy atom. The van der Waals surface area contributed by atoms with Crippen molar-refractivity contribution in [2.24, 2.45) is 5.73 Å². The number of benzene rings is 1. The summed E-state index contributed by atoms with van der Waals surface area (Å²) in [6, 6.07) is 5.63. The number of anilines is 1. The van der Waals surface area contributed by atoms with Gasteiger partial charge in [0, 0.05) is 37.0 Å². The Hall–Kier alpha value is -3.40. The molecule has 0 bridgehead atoms. The predicted octanol–water partition coefficient (Wildman–Crippen LogP) is 2.53. The largest absolute Gasteiger partial charge is 0.483 e. The summed E-state index contributed by atoms with van der Waals surface area (Å²) in [7, 11) is 0. The number of hydrogen-bond donors (Lipinski definition) is 3. The van der Waals surface area contributed by atoms with Crippen molar-refractivity contribution in [1.82, 2.24) is 15.1 Å². The van der Waals surface area contributed by atoms with Crippen LogP contribution in [0.2, 0.25) is 0 Å². The van der Waals surface area contributed by atoms with E-state index in [4.69, 9.17) is 20.4 Å². The van der Waals surface area contributed by atoms with Crippen LogP contribution >= 0.6 is 0 Å². The zero-order valence-electron chi connectivity index (χ0n) is 18.8. The first kappa shape index (κ1) is 24.9. The monoisotopic (exact) mass is 445 g/mol. The van der Waals surface area contributed by atoms with Gasteiger partial charge in [0.05, 0.1) is 24.9 Å². The lowest BCUT2D eigenvalue weighted by Gasteiger charge is -2.39. The van der Waals surface area contributed by atoms with Gasteiger partial charge in [-0.2, -0.15) is 5.10 Å². The topological polar surface area (TPSA) is 140 Å². The number of rotatable bonds is 5. The van der Waals surface area contributed by atoms with Crippen LogP contribution in [0.15, 0.2) is 30.6 Å². The number of aromatic nitrogens is 2. The fourth-order valence-corrected chi connectivity index (χ4v) is 3.82. The second-order valence-corrected chi connectivity index (χ2v) is 7.78. The first-order valence-corrected chi connectivity index (χ1v) is 10.4. The Bertz CT molecular complexity index is 943. The van der Waals surface area contributed by atoms with Crippen LogP contribution in [0, 0.1) is 0 Å². The second kappa shape index (κ2) is 11.3. The molecule has 174 valence electrons. The second-order valence-electron chi connectivity index (χ2n) is 7.78. The maximum absolute atomic E-state index is 12.3. The molecule has 10 nitrogen and oxygen atoms in total. The summed E-state index contributed by atoms with van der Waals surface area (Å²) >= 11 is 0. The van der Waals surface area contributed by atoms with E-state index in [2.05, 4.69) is 10.4 Å². The fraction of sp³-hybridized carbons (Fsp3) is 0.455. The number of carbonyl (C=O) groups is 3. The highest BCUT2D eigenvalue weighted by atomic mass is 16.6. The number of carboxylic acid groups (broad SMARTS) is 1. The summed E-state index contributed by atoms with van der Waals surface area (Å²) in [5, 5.41) is 14.2. The van der Waals surface area contributed by atoms with E-state index < -0.39 is 6.09 Å². The van der Waals surface area contributed by atoms with Gasteiger partial charge in [0.2, 0.25) is 5.91 Å². The fourth-order valence-electron chi connectivity index (χ4n) is 3.82. The third-order valence-corrected chi connectivity index (χ3v) is 4.98. The quantitative estimate of drug-likeness (QED) is 0.601. The molecule has 2 heterocycles. The minimum absolute atomic E-state index is 0.0227. The van der Waals surface area contributed by atoms with E-state index in [1.807, 2.05) is 45.2 Å². The normalized spacial score (nSPS) is 17.1. The van der Waals surface area contributed by atoms with Crippen molar-refractivity contribution >= 4 is 24.2 Å². The molecule has 32 heavy (non-hydrogen) atoms. The van der Waals surface area contributed by atoms with E-state index in [0.29, 0.717) is 19.5 Å². The van der Waals surface area contributed by atoms with Crippen molar-refractivity contribution in [3.8, 4) is 11.1 Å². The average molecular weight is 446 g/mol. The zero-order valence-corrected chi connectivity index (χ0v) is 18.8. The number of nitrogens with one attached hydrogen (secondary N) is 1. The molecule has 1 aromatic carbocycles. The molecule has 0 spiro atoms. The summed E-state index contributed by atoms with van der Waals surface area (Å²) in [4.78, 5) is 34.7. The molecule has 1 aromatic heterocycles. The molecular weight excluding hydrogens is 414 g/mol. The number of nitrogens with zero attached hydrogens (tertiary/aromatic N) is 3. The summed E-state index contributed by atoms with van der Waals surface area (Å²) in [6.45, 7) is 8.08. The van der Waals surface area contributed by atoms with Crippen LogP contribution in [0.5, 0.6) is 0 Å². The molecular formula is C22H31N5O5. The summed E-state index contributed by atoms with van der Waals surface area (Å²) in [5.74, 6) is -0.0227. The van der Waals surface area contributed by atoms with Crippen LogP contribution in [0.25, 0.3) is 11.1 Å². The molecule has 0 fully saturated rings. The van der Waals surface area contributed by atoms with Crippen molar-refractivity contribution < 1.29 is 24.2 Å². The highest BCUT2D eigenvalue weighted by Gasteiger charge is 2.33. The predicted molar refractivity (Wildman–Crippen MR) is 120 cm³/mol. The van der Waals surface area contributed by atoms with E-state index >= 15 is 0 Å². The molecule has 3 rings (SSSR count). The van der Waals surface area contributed by atoms with Gasteiger partial charge in [0.1, 0.15) is 0 Å². The van der Waals surface area contributed by atoms with Gasteiger partial charge in [0.25, 0.3) is 6.47 Å². The first-order chi connectivity index (χ1) is 15.2. The van der Waals surface area contributed by atoms with Gasteiger partial charge in [-0.05, 0) is 50.5 Å². The van der Waals surface area contributed by atoms with Crippen molar-refractivity contribution in [2.75, 3.05) is 11.4 Å². The highest BCUT2D eigenvalue weighted by Crippen LogP contribution is 2.39. The van der Waals surface area contributed by atoms with Gasteiger partial charge in [0.15, 0.2) is 0 Å². The summed E-state index contributed by atoms with van der Waals surface area (Å²) in [6.07, 6.45) is 3.68. The minimum Gasteiger partial charge on any atom is -0.483 e. The van der Waals surface area contributed by atoms with E-state index in [1.54, 1.807) is 22.7 Å². The van der Waals surface area contributed by atoms with Crippen molar-refractivity contribution in [3.05, 3.63) is 36.2 Å². The molecule has 4 N–H and O–H groups in total. The standard InChI is InChI=1S/C21H29N5O3.CH2O2/c1-13(2)29-21(28)24-19-9-14(3)26(15(4)27)20-6-5-16(10-18(19)20)17-11-23-25(12-17)8-7-22;2-1-3/h5-6,10-14,19H,7-9,22H2,1-4H3,(H,24,28);1H,(H,2,3)/t14-,19+;/m0./s1. The molecule has 2 aromatic rings. The molecule has 0 saturated carbocycles. The Morgan fingerprint density at radius 1 is 1.38 bits per heavy atom. The summed E-state index contributed by atoms with van der Waals surface area (Å²) < 4.78 is 7.07. The van der Waals surface area contributed by atoms with E-state index in [9.17, 15) is 9.59 Å². The average Bonchev–Trinajstić information content (AvgIpc) is 3.16. The van der Waals surface area contributed by atoms with Crippen LogP contribution in [0.4, 0.5) is 10.5 Å². The van der Waals surface area contributed by atoms with Gasteiger partial charge < -0.3 is 25.8 Å². The van der Waals surface area contributed by atoms with Gasteiger partial charge in [-0.15, -0.1) is 0 Å². The van der Waals surface area contributed by atoms with Crippen LogP contribution < -0.4 is 16.0 Å². The first-order valence-electron chi connectivity index (χ1n) is 10.4.